The molecular formula is C16H19F3O4. The molecule has 1 unspecified atom stereocenters. The van der Waals surface area contributed by atoms with Gasteiger partial charge < -0.3 is 14.2 Å². The van der Waals surface area contributed by atoms with E-state index in [0.29, 0.717) is 30.8 Å². The van der Waals surface area contributed by atoms with Gasteiger partial charge in [0.2, 0.25) is 6.10 Å². The maximum atomic E-state index is 13.2. The molecule has 0 radical (unpaired) electrons. The lowest BCUT2D eigenvalue weighted by Crippen LogP contribution is -2.29. The summed E-state index contributed by atoms with van der Waals surface area (Å²) in [6, 6.07) is 4.48. The van der Waals surface area contributed by atoms with E-state index in [1.54, 1.807) is 19.9 Å². The lowest BCUT2D eigenvalue weighted by atomic mass is 10.0. The average molecular weight is 332 g/mol. The number of carbonyl (C=O) groups excluding carboxylic acids is 1. The van der Waals surface area contributed by atoms with E-state index in [9.17, 15) is 18.0 Å². The second kappa shape index (κ2) is 7.31. The number of hydrogen-bond acceptors (Lipinski definition) is 4. The molecule has 23 heavy (non-hydrogen) atoms. The normalized spacial score (nSPS) is 19.6. The van der Waals surface area contributed by atoms with Crippen LogP contribution >= 0.6 is 0 Å². The van der Waals surface area contributed by atoms with Crippen LogP contribution in [-0.4, -0.2) is 38.1 Å². The van der Waals surface area contributed by atoms with Crippen molar-refractivity contribution in [3.63, 3.8) is 0 Å². The average Bonchev–Trinajstić information content (AvgIpc) is 2.93. The number of benzene rings is 1. The third-order valence-electron chi connectivity index (χ3n) is 3.42. The second-order valence-electron chi connectivity index (χ2n) is 5.63. The van der Waals surface area contributed by atoms with Gasteiger partial charge in [0.1, 0.15) is 6.61 Å². The van der Waals surface area contributed by atoms with E-state index in [1.165, 1.54) is 12.1 Å². The largest absolute Gasteiger partial charge is 0.446 e. The molecule has 0 saturated carbocycles. The van der Waals surface area contributed by atoms with Crippen LogP contribution < -0.4 is 0 Å². The van der Waals surface area contributed by atoms with Gasteiger partial charge in [-0.05, 0) is 20.3 Å². The van der Waals surface area contributed by atoms with Gasteiger partial charge in [-0.25, -0.2) is 4.79 Å². The van der Waals surface area contributed by atoms with Crippen LogP contribution in [-0.2, 0) is 19.0 Å². The summed E-state index contributed by atoms with van der Waals surface area (Å²) in [7, 11) is 0. The molecule has 2 atom stereocenters. The van der Waals surface area contributed by atoms with Crippen LogP contribution in [0.5, 0.6) is 0 Å². The first-order chi connectivity index (χ1) is 10.8. The van der Waals surface area contributed by atoms with E-state index in [0.717, 1.165) is 0 Å². The molecule has 0 N–H and O–H groups in total. The summed E-state index contributed by atoms with van der Waals surface area (Å²) >= 11 is 0. The third kappa shape index (κ3) is 5.21. The Morgan fingerprint density at radius 3 is 2.48 bits per heavy atom. The van der Waals surface area contributed by atoms with E-state index in [1.807, 2.05) is 0 Å². The summed E-state index contributed by atoms with van der Waals surface area (Å²) < 4.78 is 54.6. The SMILES string of the molecule is Cc1cc(C)cc(C(OC(=O)CO[C@H]2CCOC2)C(F)(F)F)c1. The number of carbonyl (C=O) groups is 1. The van der Waals surface area contributed by atoms with Gasteiger partial charge in [-0.15, -0.1) is 0 Å². The summed E-state index contributed by atoms with van der Waals surface area (Å²) in [4.78, 5) is 11.7. The number of rotatable bonds is 5. The molecule has 1 heterocycles. The minimum Gasteiger partial charge on any atom is -0.446 e. The molecule has 0 aliphatic carbocycles. The summed E-state index contributed by atoms with van der Waals surface area (Å²) in [5.41, 5.74) is 1.25. The predicted octanol–water partition coefficient (Wildman–Crippen LogP) is 3.26. The first kappa shape index (κ1) is 17.7. The van der Waals surface area contributed by atoms with E-state index in [-0.39, 0.29) is 11.7 Å². The van der Waals surface area contributed by atoms with Crippen molar-refractivity contribution in [2.24, 2.45) is 0 Å². The van der Waals surface area contributed by atoms with Crippen molar-refractivity contribution in [3.05, 3.63) is 34.9 Å². The summed E-state index contributed by atoms with van der Waals surface area (Å²) in [5.74, 6) is -1.04. The molecule has 4 nitrogen and oxygen atoms in total. The van der Waals surface area contributed by atoms with E-state index < -0.39 is 24.9 Å². The summed E-state index contributed by atoms with van der Waals surface area (Å²) in [6.07, 6.45) is -6.63. The van der Waals surface area contributed by atoms with Gasteiger partial charge in [-0.1, -0.05) is 29.3 Å². The van der Waals surface area contributed by atoms with Crippen molar-refractivity contribution < 1.29 is 32.2 Å². The first-order valence-corrected chi connectivity index (χ1v) is 7.29. The van der Waals surface area contributed by atoms with E-state index in [4.69, 9.17) is 9.47 Å². The maximum Gasteiger partial charge on any atom is 0.429 e. The zero-order valence-corrected chi connectivity index (χ0v) is 13.0. The van der Waals surface area contributed by atoms with Crippen LogP contribution in [0.4, 0.5) is 13.2 Å². The Hall–Kier alpha value is -1.60. The van der Waals surface area contributed by atoms with Gasteiger partial charge in [0, 0.05) is 12.2 Å². The highest BCUT2D eigenvalue weighted by atomic mass is 19.4. The Morgan fingerprint density at radius 1 is 1.30 bits per heavy atom. The molecule has 0 spiro atoms. The van der Waals surface area contributed by atoms with Crippen LogP contribution in [0.2, 0.25) is 0 Å². The molecule has 0 aromatic heterocycles. The topological polar surface area (TPSA) is 44.8 Å². The molecule has 1 aromatic carbocycles. The van der Waals surface area contributed by atoms with Crippen LogP contribution in [0, 0.1) is 13.8 Å². The molecule has 1 fully saturated rings. The van der Waals surface area contributed by atoms with E-state index in [2.05, 4.69) is 4.74 Å². The first-order valence-electron chi connectivity index (χ1n) is 7.29. The zero-order chi connectivity index (χ0) is 17.0. The molecule has 128 valence electrons. The zero-order valence-electron chi connectivity index (χ0n) is 13.0. The number of halogens is 3. The molecule has 2 rings (SSSR count). The Kier molecular flexibility index (Phi) is 5.64. The number of hydrogen-bond donors (Lipinski definition) is 0. The smallest absolute Gasteiger partial charge is 0.429 e. The lowest BCUT2D eigenvalue weighted by Gasteiger charge is -2.22. The molecule has 1 aromatic rings. The van der Waals surface area contributed by atoms with Crippen molar-refractivity contribution in [3.8, 4) is 0 Å². The lowest BCUT2D eigenvalue weighted by molar-refractivity contribution is -0.226. The van der Waals surface area contributed by atoms with Gasteiger partial charge >= 0.3 is 12.1 Å². The minimum absolute atomic E-state index is 0.0902. The van der Waals surface area contributed by atoms with Gasteiger partial charge in [-0.2, -0.15) is 13.2 Å². The van der Waals surface area contributed by atoms with Crippen molar-refractivity contribution in [1.29, 1.82) is 0 Å². The Balaban J connectivity index is 2.04. The highest BCUT2D eigenvalue weighted by molar-refractivity contribution is 5.71. The molecule has 0 bridgehead atoms. The minimum atomic E-state index is -4.69. The van der Waals surface area contributed by atoms with Crippen LogP contribution in [0.15, 0.2) is 18.2 Å². The van der Waals surface area contributed by atoms with Gasteiger partial charge in [0.25, 0.3) is 0 Å². The van der Waals surface area contributed by atoms with Crippen molar-refractivity contribution in [1.82, 2.24) is 0 Å². The van der Waals surface area contributed by atoms with Crippen LogP contribution in [0.1, 0.15) is 29.2 Å². The second-order valence-corrected chi connectivity index (χ2v) is 5.63. The number of ether oxygens (including phenoxy) is 3. The molecule has 1 aliphatic rings. The molecular weight excluding hydrogens is 313 g/mol. The van der Waals surface area contributed by atoms with Gasteiger partial charge in [-0.3, -0.25) is 0 Å². The van der Waals surface area contributed by atoms with Gasteiger partial charge in [0.15, 0.2) is 0 Å². The summed E-state index contributed by atoms with van der Waals surface area (Å²) in [5, 5.41) is 0. The Bertz CT molecular complexity index is 530. The highest BCUT2D eigenvalue weighted by Gasteiger charge is 2.44. The summed E-state index contributed by atoms with van der Waals surface area (Å²) in [6.45, 7) is 3.72. The predicted molar refractivity (Wildman–Crippen MR) is 76.0 cm³/mol. The van der Waals surface area contributed by atoms with Crippen molar-refractivity contribution in [2.45, 2.75) is 38.7 Å². The Morgan fingerprint density at radius 2 is 1.96 bits per heavy atom. The number of aryl methyl sites for hydroxylation is 2. The van der Waals surface area contributed by atoms with Crippen molar-refractivity contribution in [2.75, 3.05) is 19.8 Å². The maximum absolute atomic E-state index is 13.2. The van der Waals surface area contributed by atoms with E-state index >= 15 is 0 Å². The van der Waals surface area contributed by atoms with Crippen LogP contribution in [0.3, 0.4) is 0 Å². The highest BCUT2D eigenvalue weighted by Crippen LogP contribution is 2.36. The molecule has 1 aliphatic heterocycles. The fourth-order valence-corrected chi connectivity index (χ4v) is 2.48. The van der Waals surface area contributed by atoms with Crippen molar-refractivity contribution >= 4 is 5.97 Å². The third-order valence-corrected chi connectivity index (χ3v) is 3.42. The quantitative estimate of drug-likeness (QED) is 0.777. The molecule has 1 saturated heterocycles. The molecule has 0 amide bonds. The fourth-order valence-electron chi connectivity index (χ4n) is 2.48. The Labute approximate surface area is 132 Å². The van der Waals surface area contributed by atoms with Crippen LogP contribution in [0.25, 0.3) is 0 Å². The molecule has 7 heteroatoms. The monoisotopic (exact) mass is 332 g/mol. The number of esters is 1. The van der Waals surface area contributed by atoms with Gasteiger partial charge in [0.05, 0.1) is 12.7 Å². The number of alkyl halides is 3. The fraction of sp³-hybridized carbons (Fsp3) is 0.562. The standard InChI is InChI=1S/C16H19F3O4/c1-10-5-11(2)7-12(6-10)15(16(17,18)19)23-14(20)9-22-13-3-4-21-8-13/h5-7,13,15H,3-4,8-9H2,1-2H3/t13-,15?/m0/s1.